The Morgan fingerprint density at radius 1 is 0.885 bits per heavy atom. The first-order valence-electron chi connectivity index (χ1n) is 7.81. The van der Waals surface area contributed by atoms with Gasteiger partial charge in [-0.2, -0.15) is 0 Å². The van der Waals surface area contributed by atoms with E-state index < -0.39 is 10.0 Å². The molecule has 0 bridgehead atoms. The third kappa shape index (κ3) is 4.27. The molecule has 26 heavy (non-hydrogen) atoms. The zero-order valence-corrected chi connectivity index (χ0v) is 15.9. The fourth-order valence-electron chi connectivity index (χ4n) is 2.26. The fourth-order valence-corrected chi connectivity index (χ4v) is 3.16. The van der Waals surface area contributed by atoms with Gasteiger partial charge in [-0.15, -0.1) is 0 Å². The van der Waals surface area contributed by atoms with Gasteiger partial charge in [-0.05, 0) is 48.5 Å². The van der Waals surface area contributed by atoms with Crippen LogP contribution in [0, 0.1) is 0 Å². The first-order valence-corrected chi connectivity index (χ1v) is 9.25. The first kappa shape index (κ1) is 19.6. The number of amides is 2. The number of nitrogens with zero attached hydrogens (tertiary/aromatic N) is 2. The van der Waals surface area contributed by atoms with Crippen molar-refractivity contribution in [3.8, 4) is 0 Å². The number of anilines is 2. The molecule has 8 heteroatoms. The Labute approximate surface area is 153 Å². The van der Waals surface area contributed by atoms with Crippen molar-refractivity contribution in [1.82, 2.24) is 4.31 Å². The minimum Gasteiger partial charge on any atom is -0.326 e. The molecule has 0 aliphatic heterocycles. The van der Waals surface area contributed by atoms with Gasteiger partial charge < -0.3 is 10.2 Å². The van der Waals surface area contributed by atoms with E-state index in [1.807, 2.05) is 0 Å². The molecule has 2 rings (SSSR count). The SMILES string of the molecule is CC(=O)Nc1ccc(N(C)C(=O)c2ccc(S(=O)(=O)N(C)C)cc2)cc1. The summed E-state index contributed by atoms with van der Waals surface area (Å²) in [6, 6.07) is 12.6. The molecule has 0 atom stereocenters. The number of rotatable bonds is 5. The maximum atomic E-state index is 12.6. The summed E-state index contributed by atoms with van der Waals surface area (Å²) in [5.74, 6) is -0.443. The van der Waals surface area contributed by atoms with Gasteiger partial charge in [0.15, 0.2) is 0 Å². The molecule has 2 amide bonds. The molecule has 0 aliphatic carbocycles. The molecule has 0 aliphatic rings. The van der Waals surface area contributed by atoms with Crippen molar-refractivity contribution in [1.29, 1.82) is 0 Å². The predicted octanol–water partition coefficient (Wildman–Crippen LogP) is 2.17. The van der Waals surface area contributed by atoms with Gasteiger partial charge in [0.1, 0.15) is 0 Å². The summed E-state index contributed by atoms with van der Waals surface area (Å²) in [7, 11) is 0.995. The molecular weight excluding hydrogens is 354 g/mol. The van der Waals surface area contributed by atoms with Crippen molar-refractivity contribution in [3.05, 3.63) is 54.1 Å². The molecule has 138 valence electrons. The summed E-state index contributed by atoms with van der Waals surface area (Å²) in [6.45, 7) is 1.42. The average molecular weight is 375 g/mol. The van der Waals surface area contributed by atoms with Crippen LogP contribution in [0.4, 0.5) is 11.4 Å². The van der Waals surface area contributed by atoms with Crippen LogP contribution in [-0.4, -0.2) is 45.7 Å². The molecule has 0 heterocycles. The number of nitrogens with one attached hydrogen (secondary N) is 1. The summed E-state index contributed by atoms with van der Waals surface area (Å²) < 4.78 is 25.3. The van der Waals surface area contributed by atoms with Crippen LogP contribution in [0.1, 0.15) is 17.3 Å². The van der Waals surface area contributed by atoms with E-state index in [9.17, 15) is 18.0 Å². The van der Waals surface area contributed by atoms with Gasteiger partial charge in [0, 0.05) is 45.0 Å². The second kappa shape index (κ2) is 7.67. The van der Waals surface area contributed by atoms with Crippen LogP contribution in [0.3, 0.4) is 0 Å². The molecule has 0 unspecified atom stereocenters. The van der Waals surface area contributed by atoms with Crippen LogP contribution < -0.4 is 10.2 Å². The minimum atomic E-state index is -3.53. The zero-order chi connectivity index (χ0) is 19.5. The Balaban J connectivity index is 2.19. The largest absolute Gasteiger partial charge is 0.326 e. The van der Waals surface area contributed by atoms with Crippen molar-refractivity contribution in [2.75, 3.05) is 31.4 Å². The molecule has 7 nitrogen and oxygen atoms in total. The summed E-state index contributed by atoms with van der Waals surface area (Å²) in [4.78, 5) is 25.2. The van der Waals surface area contributed by atoms with Crippen LogP contribution in [-0.2, 0) is 14.8 Å². The number of hydrogen-bond acceptors (Lipinski definition) is 4. The van der Waals surface area contributed by atoms with Crippen molar-refractivity contribution in [2.24, 2.45) is 0 Å². The number of hydrogen-bond donors (Lipinski definition) is 1. The van der Waals surface area contributed by atoms with E-state index in [4.69, 9.17) is 0 Å². The number of carbonyl (C=O) groups excluding carboxylic acids is 2. The number of benzene rings is 2. The van der Waals surface area contributed by atoms with E-state index in [1.165, 1.54) is 50.2 Å². The molecule has 2 aromatic rings. The van der Waals surface area contributed by atoms with Crippen molar-refractivity contribution in [3.63, 3.8) is 0 Å². The normalized spacial score (nSPS) is 11.3. The van der Waals surface area contributed by atoms with E-state index in [1.54, 1.807) is 31.3 Å². The van der Waals surface area contributed by atoms with Gasteiger partial charge in [-0.3, -0.25) is 9.59 Å². The van der Waals surface area contributed by atoms with Crippen molar-refractivity contribution in [2.45, 2.75) is 11.8 Å². The van der Waals surface area contributed by atoms with Gasteiger partial charge in [0.25, 0.3) is 5.91 Å². The molecule has 0 fully saturated rings. The lowest BCUT2D eigenvalue weighted by Crippen LogP contribution is -2.26. The van der Waals surface area contributed by atoms with Crippen LogP contribution in [0.25, 0.3) is 0 Å². The third-order valence-corrected chi connectivity index (χ3v) is 5.59. The van der Waals surface area contributed by atoms with Crippen LogP contribution in [0.5, 0.6) is 0 Å². The molecule has 1 N–H and O–H groups in total. The second-order valence-electron chi connectivity index (χ2n) is 5.90. The summed E-state index contributed by atoms with van der Waals surface area (Å²) >= 11 is 0. The van der Waals surface area contributed by atoms with E-state index in [2.05, 4.69) is 5.32 Å². The number of carbonyl (C=O) groups is 2. The number of sulfonamides is 1. The van der Waals surface area contributed by atoms with Crippen molar-refractivity contribution < 1.29 is 18.0 Å². The molecule has 2 aromatic carbocycles. The third-order valence-electron chi connectivity index (χ3n) is 3.76. The fraction of sp³-hybridized carbons (Fsp3) is 0.222. The Kier molecular flexibility index (Phi) is 5.79. The van der Waals surface area contributed by atoms with E-state index >= 15 is 0 Å². The summed E-state index contributed by atoms with van der Waals surface area (Å²) in [5, 5.41) is 2.66. The summed E-state index contributed by atoms with van der Waals surface area (Å²) in [6.07, 6.45) is 0. The predicted molar refractivity (Wildman–Crippen MR) is 101 cm³/mol. The Morgan fingerprint density at radius 2 is 1.42 bits per heavy atom. The maximum Gasteiger partial charge on any atom is 0.258 e. The van der Waals surface area contributed by atoms with E-state index in [0.29, 0.717) is 16.9 Å². The first-order chi connectivity index (χ1) is 12.1. The minimum absolute atomic E-state index is 0.126. The van der Waals surface area contributed by atoms with Crippen LogP contribution in [0.2, 0.25) is 0 Å². The Morgan fingerprint density at radius 3 is 1.88 bits per heavy atom. The topological polar surface area (TPSA) is 86.8 Å². The maximum absolute atomic E-state index is 12.6. The highest BCUT2D eigenvalue weighted by atomic mass is 32.2. The zero-order valence-electron chi connectivity index (χ0n) is 15.1. The molecule has 0 saturated carbocycles. The van der Waals surface area contributed by atoms with E-state index in [-0.39, 0.29) is 16.7 Å². The quantitative estimate of drug-likeness (QED) is 0.868. The average Bonchev–Trinajstić information content (AvgIpc) is 2.60. The monoisotopic (exact) mass is 375 g/mol. The van der Waals surface area contributed by atoms with Gasteiger partial charge in [-0.25, -0.2) is 12.7 Å². The summed E-state index contributed by atoms with van der Waals surface area (Å²) in [5.41, 5.74) is 1.66. The van der Waals surface area contributed by atoms with Gasteiger partial charge in [0.05, 0.1) is 4.90 Å². The highest BCUT2D eigenvalue weighted by Gasteiger charge is 2.19. The lowest BCUT2D eigenvalue weighted by Gasteiger charge is -2.18. The molecule has 0 saturated heterocycles. The smallest absolute Gasteiger partial charge is 0.258 e. The molecule has 0 spiro atoms. The van der Waals surface area contributed by atoms with Gasteiger partial charge >= 0.3 is 0 Å². The highest BCUT2D eigenvalue weighted by Crippen LogP contribution is 2.20. The molecular formula is C18H21N3O4S. The second-order valence-corrected chi connectivity index (χ2v) is 8.06. The molecule has 0 aromatic heterocycles. The lowest BCUT2D eigenvalue weighted by atomic mass is 10.2. The van der Waals surface area contributed by atoms with Crippen LogP contribution in [0.15, 0.2) is 53.4 Å². The lowest BCUT2D eigenvalue weighted by molar-refractivity contribution is -0.114. The van der Waals surface area contributed by atoms with Gasteiger partial charge in [0.2, 0.25) is 15.9 Å². The van der Waals surface area contributed by atoms with Crippen molar-refractivity contribution >= 4 is 33.2 Å². The van der Waals surface area contributed by atoms with E-state index in [0.717, 1.165) is 4.31 Å². The highest BCUT2D eigenvalue weighted by molar-refractivity contribution is 7.89. The Bertz CT molecular complexity index is 904. The van der Waals surface area contributed by atoms with Gasteiger partial charge in [-0.1, -0.05) is 0 Å². The van der Waals surface area contributed by atoms with Crippen LogP contribution >= 0.6 is 0 Å². The standard InChI is InChI=1S/C18H21N3O4S/c1-13(22)19-15-7-9-16(10-8-15)21(4)18(23)14-5-11-17(12-6-14)26(24,25)20(2)3/h5-12H,1-4H3,(H,19,22). The molecule has 0 radical (unpaired) electrons. The Hall–Kier alpha value is -2.71.